The van der Waals surface area contributed by atoms with Crippen LogP contribution in [0.4, 0.5) is 11.4 Å². The minimum absolute atomic E-state index is 0.132. The molecular formula is C13H13BrN2O2S. The van der Waals surface area contributed by atoms with Crippen LogP contribution in [0.5, 0.6) is 0 Å². The van der Waals surface area contributed by atoms with Crippen molar-refractivity contribution >= 4 is 38.6 Å². The maximum Gasteiger partial charge on any atom is 0.293 e. The van der Waals surface area contributed by atoms with Crippen molar-refractivity contribution in [3.63, 3.8) is 0 Å². The zero-order valence-corrected chi connectivity index (χ0v) is 12.8. The zero-order valence-electron chi connectivity index (χ0n) is 10.4. The molecule has 0 fully saturated rings. The number of nitro groups is 1. The van der Waals surface area contributed by atoms with Gasteiger partial charge in [-0.2, -0.15) is 0 Å². The molecule has 6 heteroatoms. The number of nitro benzene ring substituents is 1. The Morgan fingerprint density at radius 2 is 2.21 bits per heavy atom. The van der Waals surface area contributed by atoms with Gasteiger partial charge in [0, 0.05) is 22.0 Å². The third-order valence-electron chi connectivity index (χ3n) is 2.78. The fourth-order valence-corrected chi connectivity index (χ4v) is 2.94. The molecule has 0 N–H and O–H groups in total. The molecule has 0 bridgehead atoms. The molecule has 1 aromatic heterocycles. The smallest absolute Gasteiger partial charge is 0.293 e. The van der Waals surface area contributed by atoms with Crippen LogP contribution in [0.3, 0.4) is 0 Å². The summed E-state index contributed by atoms with van der Waals surface area (Å²) in [6, 6.07) is 9.20. The van der Waals surface area contributed by atoms with Gasteiger partial charge in [-0.1, -0.05) is 22.0 Å². The molecular weight excluding hydrogens is 328 g/mol. The van der Waals surface area contributed by atoms with Crippen LogP contribution in [0.25, 0.3) is 0 Å². The molecule has 0 atom stereocenters. The lowest BCUT2D eigenvalue weighted by atomic mass is 10.2. The Morgan fingerprint density at radius 3 is 2.79 bits per heavy atom. The highest BCUT2D eigenvalue weighted by Crippen LogP contribution is 2.32. The van der Waals surface area contributed by atoms with Gasteiger partial charge >= 0.3 is 0 Å². The number of hydrogen-bond donors (Lipinski definition) is 0. The standard InChI is InChI=1S/C13H13BrN2O2S/c1-2-15(9-11-4-3-7-19-11)12-6-5-10(14)8-13(12)16(17)18/h3-8H,2,9H2,1H3. The largest absolute Gasteiger partial charge is 0.361 e. The van der Waals surface area contributed by atoms with Crippen LogP contribution < -0.4 is 4.90 Å². The van der Waals surface area contributed by atoms with Crippen molar-refractivity contribution in [3.8, 4) is 0 Å². The van der Waals surface area contributed by atoms with E-state index in [0.29, 0.717) is 12.2 Å². The van der Waals surface area contributed by atoms with Crippen LogP contribution in [0.2, 0.25) is 0 Å². The molecule has 0 aliphatic carbocycles. The number of halogens is 1. The van der Waals surface area contributed by atoms with E-state index in [1.54, 1.807) is 23.5 Å². The Hall–Kier alpha value is -1.40. The van der Waals surface area contributed by atoms with Crippen molar-refractivity contribution in [1.29, 1.82) is 0 Å². The Balaban J connectivity index is 2.35. The van der Waals surface area contributed by atoms with E-state index in [4.69, 9.17) is 0 Å². The van der Waals surface area contributed by atoms with E-state index in [1.807, 2.05) is 35.4 Å². The van der Waals surface area contributed by atoms with E-state index in [9.17, 15) is 10.1 Å². The van der Waals surface area contributed by atoms with E-state index in [-0.39, 0.29) is 10.6 Å². The summed E-state index contributed by atoms with van der Waals surface area (Å²) in [5.74, 6) is 0. The fraction of sp³-hybridized carbons (Fsp3) is 0.231. The van der Waals surface area contributed by atoms with Gasteiger partial charge in [0.2, 0.25) is 0 Å². The highest BCUT2D eigenvalue weighted by atomic mass is 79.9. The molecule has 1 heterocycles. The summed E-state index contributed by atoms with van der Waals surface area (Å²) in [7, 11) is 0. The summed E-state index contributed by atoms with van der Waals surface area (Å²) in [6.45, 7) is 3.41. The number of rotatable bonds is 5. The first-order chi connectivity index (χ1) is 9.11. The summed E-state index contributed by atoms with van der Waals surface area (Å²) >= 11 is 4.93. The van der Waals surface area contributed by atoms with Crippen LogP contribution in [0, 0.1) is 10.1 Å². The summed E-state index contributed by atoms with van der Waals surface area (Å²) in [5.41, 5.74) is 0.789. The number of thiophene rings is 1. The fourth-order valence-electron chi connectivity index (χ4n) is 1.87. The average molecular weight is 341 g/mol. The first kappa shape index (κ1) is 14.0. The SMILES string of the molecule is CCN(Cc1cccs1)c1ccc(Br)cc1[N+](=O)[O-]. The van der Waals surface area contributed by atoms with Gasteiger partial charge in [0.25, 0.3) is 5.69 Å². The van der Waals surface area contributed by atoms with E-state index in [0.717, 1.165) is 11.0 Å². The van der Waals surface area contributed by atoms with Gasteiger partial charge in [0.15, 0.2) is 0 Å². The van der Waals surface area contributed by atoms with Crippen molar-refractivity contribution in [2.45, 2.75) is 13.5 Å². The third kappa shape index (κ3) is 3.33. The quantitative estimate of drug-likeness (QED) is 0.596. The van der Waals surface area contributed by atoms with Gasteiger partial charge in [-0.15, -0.1) is 11.3 Å². The Labute approximate surface area is 124 Å². The monoisotopic (exact) mass is 340 g/mol. The van der Waals surface area contributed by atoms with Crippen molar-refractivity contribution in [2.24, 2.45) is 0 Å². The van der Waals surface area contributed by atoms with Gasteiger partial charge in [0.1, 0.15) is 5.69 Å². The molecule has 4 nitrogen and oxygen atoms in total. The van der Waals surface area contributed by atoms with Gasteiger partial charge in [0.05, 0.1) is 11.5 Å². The molecule has 0 aliphatic heterocycles. The van der Waals surface area contributed by atoms with Crippen LogP contribution in [0.1, 0.15) is 11.8 Å². The second-order valence-corrected chi connectivity index (χ2v) is 5.93. The number of benzene rings is 1. The second kappa shape index (κ2) is 6.16. The normalized spacial score (nSPS) is 10.4. The minimum Gasteiger partial charge on any atom is -0.361 e. The minimum atomic E-state index is -0.336. The van der Waals surface area contributed by atoms with Crippen LogP contribution >= 0.6 is 27.3 Å². The molecule has 100 valence electrons. The number of anilines is 1. The molecule has 0 spiro atoms. The van der Waals surface area contributed by atoms with Crippen molar-refractivity contribution < 1.29 is 4.92 Å². The summed E-state index contributed by atoms with van der Waals surface area (Å²) in [4.78, 5) is 14.0. The van der Waals surface area contributed by atoms with E-state index in [2.05, 4.69) is 15.9 Å². The van der Waals surface area contributed by atoms with Crippen LogP contribution in [-0.2, 0) is 6.54 Å². The highest BCUT2D eigenvalue weighted by molar-refractivity contribution is 9.10. The second-order valence-electron chi connectivity index (χ2n) is 3.98. The van der Waals surface area contributed by atoms with Gasteiger partial charge < -0.3 is 4.90 Å². The lowest BCUT2D eigenvalue weighted by Gasteiger charge is -2.22. The summed E-state index contributed by atoms with van der Waals surface area (Å²) < 4.78 is 0.718. The van der Waals surface area contributed by atoms with Gasteiger partial charge in [-0.3, -0.25) is 10.1 Å². The van der Waals surface area contributed by atoms with Crippen LogP contribution in [0.15, 0.2) is 40.2 Å². The molecule has 2 rings (SSSR count). The topological polar surface area (TPSA) is 46.4 Å². The predicted octanol–water partition coefficient (Wildman–Crippen LogP) is 4.45. The van der Waals surface area contributed by atoms with Gasteiger partial charge in [-0.25, -0.2) is 0 Å². The van der Waals surface area contributed by atoms with Gasteiger partial charge in [-0.05, 0) is 30.5 Å². The Bertz CT molecular complexity index is 572. The Morgan fingerprint density at radius 1 is 1.42 bits per heavy atom. The molecule has 1 aromatic carbocycles. The number of nitrogens with zero attached hydrogens (tertiary/aromatic N) is 2. The molecule has 0 radical (unpaired) electrons. The maximum absolute atomic E-state index is 11.2. The molecule has 2 aromatic rings. The van der Waals surface area contributed by atoms with Crippen molar-refractivity contribution in [3.05, 3.63) is 55.2 Å². The number of hydrogen-bond acceptors (Lipinski definition) is 4. The molecule has 0 amide bonds. The first-order valence-corrected chi connectivity index (χ1v) is 7.50. The van der Waals surface area contributed by atoms with Crippen molar-refractivity contribution in [2.75, 3.05) is 11.4 Å². The molecule has 19 heavy (non-hydrogen) atoms. The van der Waals surface area contributed by atoms with Crippen LogP contribution in [-0.4, -0.2) is 11.5 Å². The summed E-state index contributed by atoms with van der Waals surface area (Å²) in [6.07, 6.45) is 0. The maximum atomic E-state index is 11.2. The predicted molar refractivity (Wildman–Crippen MR) is 81.8 cm³/mol. The lowest BCUT2D eigenvalue weighted by Crippen LogP contribution is -2.22. The van der Waals surface area contributed by atoms with E-state index < -0.39 is 0 Å². The molecule has 0 saturated heterocycles. The first-order valence-electron chi connectivity index (χ1n) is 5.83. The average Bonchev–Trinajstić information content (AvgIpc) is 2.89. The van der Waals surface area contributed by atoms with E-state index in [1.165, 1.54) is 4.88 Å². The molecule has 0 unspecified atom stereocenters. The zero-order chi connectivity index (χ0) is 13.8. The third-order valence-corrected chi connectivity index (χ3v) is 4.14. The highest BCUT2D eigenvalue weighted by Gasteiger charge is 2.19. The lowest BCUT2D eigenvalue weighted by molar-refractivity contribution is -0.384. The van der Waals surface area contributed by atoms with Crippen molar-refractivity contribution in [1.82, 2.24) is 0 Å². The summed E-state index contributed by atoms with van der Waals surface area (Å²) in [5, 5.41) is 13.2. The molecule has 0 saturated carbocycles. The molecule has 0 aliphatic rings. The Kier molecular flexibility index (Phi) is 4.55. The van der Waals surface area contributed by atoms with E-state index >= 15 is 0 Å².